The Morgan fingerprint density at radius 2 is 1.77 bits per heavy atom. The Bertz CT molecular complexity index is 1280. The number of primary amides is 1. The van der Waals surface area contributed by atoms with Gasteiger partial charge in [0.15, 0.2) is 5.82 Å². The van der Waals surface area contributed by atoms with Crippen LogP contribution < -0.4 is 16.6 Å². The number of likely N-dealkylation sites (tertiary alicyclic amines) is 1. The van der Waals surface area contributed by atoms with Crippen molar-refractivity contribution in [1.82, 2.24) is 19.4 Å². The highest BCUT2D eigenvalue weighted by Crippen LogP contribution is 2.32. The third-order valence-electron chi connectivity index (χ3n) is 8.69. The van der Waals surface area contributed by atoms with Crippen LogP contribution in [0.5, 0.6) is 0 Å². The minimum atomic E-state index is -0.630. The lowest BCUT2D eigenvalue weighted by Crippen LogP contribution is -2.42. The quantitative estimate of drug-likeness (QED) is 0.344. The molecule has 0 bridgehead atoms. The van der Waals surface area contributed by atoms with E-state index in [2.05, 4.69) is 22.1 Å². The smallest absolute Gasteiger partial charge is 0.320 e. The molecule has 1 aromatic heterocycles. The van der Waals surface area contributed by atoms with E-state index < -0.39 is 17.5 Å². The van der Waals surface area contributed by atoms with Gasteiger partial charge in [-0.2, -0.15) is 0 Å². The third-order valence-corrected chi connectivity index (χ3v) is 8.69. The highest BCUT2D eigenvalue weighted by molar-refractivity contribution is 5.78. The molecule has 1 amide bonds. The van der Waals surface area contributed by atoms with Crippen LogP contribution in [0.2, 0.25) is 0 Å². The number of esters is 1. The summed E-state index contributed by atoms with van der Waals surface area (Å²) >= 11 is 0. The summed E-state index contributed by atoms with van der Waals surface area (Å²) in [6.07, 6.45) is 12.6. The van der Waals surface area contributed by atoms with Crippen LogP contribution in [0.15, 0.2) is 29.1 Å². The third kappa shape index (κ3) is 9.50. The van der Waals surface area contributed by atoms with Crippen molar-refractivity contribution in [2.24, 2.45) is 5.73 Å². The van der Waals surface area contributed by atoms with Gasteiger partial charge in [-0.15, -0.1) is 0 Å². The molecule has 10 heteroatoms. The van der Waals surface area contributed by atoms with E-state index >= 15 is 0 Å². The zero-order chi connectivity index (χ0) is 31.0. The summed E-state index contributed by atoms with van der Waals surface area (Å²) < 4.78 is 7.32. The summed E-state index contributed by atoms with van der Waals surface area (Å²) in [5.41, 5.74) is 6.24. The highest BCUT2D eigenvalue weighted by Gasteiger charge is 2.32. The van der Waals surface area contributed by atoms with Crippen molar-refractivity contribution in [3.63, 3.8) is 0 Å². The summed E-state index contributed by atoms with van der Waals surface area (Å²) in [5, 5.41) is 3.19. The maximum atomic E-state index is 13.9. The second kappa shape index (κ2) is 15.1. The minimum Gasteiger partial charge on any atom is -0.459 e. The van der Waals surface area contributed by atoms with Crippen LogP contribution in [-0.4, -0.2) is 81.6 Å². The van der Waals surface area contributed by atoms with E-state index in [1.807, 2.05) is 28.8 Å². The molecule has 10 nitrogen and oxygen atoms in total. The predicted octanol–water partition coefficient (Wildman–Crippen LogP) is 4.47. The van der Waals surface area contributed by atoms with E-state index in [4.69, 9.17) is 10.5 Å². The Labute approximate surface area is 256 Å². The molecule has 1 aliphatic carbocycles. The van der Waals surface area contributed by atoms with Crippen LogP contribution in [0.3, 0.4) is 0 Å². The maximum absolute atomic E-state index is 13.9. The fourth-order valence-electron chi connectivity index (χ4n) is 6.89. The Morgan fingerprint density at radius 1 is 1.07 bits per heavy atom. The lowest BCUT2D eigenvalue weighted by atomic mass is 9.94. The number of nitrogens with one attached hydrogen (secondary N) is 1. The maximum Gasteiger partial charge on any atom is 0.320 e. The van der Waals surface area contributed by atoms with Crippen LogP contribution in [0, 0.1) is 0 Å². The van der Waals surface area contributed by atoms with Crippen LogP contribution in [0.4, 0.5) is 5.82 Å². The van der Waals surface area contributed by atoms with E-state index in [-0.39, 0.29) is 30.5 Å². The van der Waals surface area contributed by atoms with E-state index in [9.17, 15) is 14.4 Å². The Morgan fingerprint density at radius 3 is 2.47 bits per heavy atom. The van der Waals surface area contributed by atoms with Gasteiger partial charge in [-0.05, 0) is 78.5 Å². The molecule has 0 radical (unpaired) electrons. The number of rotatable bonds is 12. The molecule has 1 saturated carbocycles. The van der Waals surface area contributed by atoms with E-state index in [1.54, 1.807) is 25.7 Å². The zero-order valence-electron chi connectivity index (χ0n) is 26.6. The number of hydrogen-bond acceptors (Lipinski definition) is 8. The normalized spacial score (nSPS) is 19.7. The van der Waals surface area contributed by atoms with Gasteiger partial charge in [0.2, 0.25) is 5.91 Å². The average Bonchev–Trinajstić information content (AvgIpc) is 3.35. The number of nitrogens with zero attached hydrogens (tertiary/aromatic N) is 4. The van der Waals surface area contributed by atoms with E-state index in [0.29, 0.717) is 25.2 Å². The lowest BCUT2D eigenvalue weighted by Gasteiger charge is -2.36. The van der Waals surface area contributed by atoms with Gasteiger partial charge in [-0.3, -0.25) is 24.2 Å². The van der Waals surface area contributed by atoms with Crippen LogP contribution in [0.25, 0.3) is 11.0 Å². The standard InChI is InChI=1S/C33H52N6O4/c1-24(21-26-15-12-19-38(26)25-13-8-6-5-7-9-14-25)39-28-17-11-10-16-27(28)36-31(32(39)42)35-18-20-37(22-29(34)40)23-30(41)43-33(2,3)4/h10-11,16-17,24-26H,5-9,12-15,18-23H2,1-4H3,(H2,34,40)(H,35,36)/t24-,26-/m0/s1. The second-order valence-electron chi connectivity index (χ2n) is 13.4. The van der Waals surface area contributed by atoms with Crippen molar-refractivity contribution in [2.75, 3.05) is 38.0 Å². The molecule has 4 rings (SSSR count). The van der Waals surface area contributed by atoms with Gasteiger partial charge >= 0.3 is 5.97 Å². The van der Waals surface area contributed by atoms with E-state index in [1.165, 1.54) is 57.8 Å². The fourth-order valence-corrected chi connectivity index (χ4v) is 6.89. The number of nitrogens with two attached hydrogens (primary N) is 1. The van der Waals surface area contributed by atoms with Crippen molar-refractivity contribution in [2.45, 2.75) is 116 Å². The molecule has 3 N–H and O–H groups in total. The molecule has 43 heavy (non-hydrogen) atoms. The molecule has 1 saturated heterocycles. The molecular formula is C33H52N6O4. The van der Waals surface area contributed by atoms with Crippen molar-refractivity contribution in [3.05, 3.63) is 34.6 Å². The Balaban J connectivity index is 1.48. The van der Waals surface area contributed by atoms with Gasteiger partial charge in [0, 0.05) is 31.2 Å². The molecule has 0 unspecified atom stereocenters. The molecular weight excluding hydrogens is 544 g/mol. The number of para-hydroxylation sites is 2. The molecule has 0 spiro atoms. The first-order valence-electron chi connectivity index (χ1n) is 16.2. The van der Waals surface area contributed by atoms with Gasteiger partial charge in [-0.1, -0.05) is 44.2 Å². The van der Waals surface area contributed by atoms with Crippen LogP contribution in [-0.2, 0) is 14.3 Å². The first-order chi connectivity index (χ1) is 20.5. The number of carbonyl (C=O) groups is 2. The molecule has 238 valence electrons. The van der Waals surface area contributed by atoms with Gasteiger partial charge < -0.3 is 20.4 Å². The Kier molecular flexibility index (Phi) is 11.6. The number of benzene rings is 1. The summed E-state index contributed by atoms with van der Waals surface area (Å²) in [6, 6.07) is 8.92. The highest BCUT2D eigenvalue weighted by atomic mass is 16.6. The van der Waals surface area contributed by atoms with Crippen molar-refractivity contribution in [3.8, 4) is 0 Å². The number of amides is 1. The first kappa shape index (κ1) is 32.9. The molecule has 2 heterocycles. The van der Waals surface area contributed by atoms with Crippen LogP contribution >= 0.6 is 0 Å². The predicted molar refractivity (Wildman–Crippen MR) is 171 cm³/mol. The fraction of sp³-hybridized carbons (Fsp3) is 0.697. The average molecular weight is 597 g/mol. The van der Waals surface area contributed by atoms with Crippen LogP contribution in [0.1, 0.15) is 97.9 Å². The summed E-state index contributed by atoms with van der Waals surface area (Å²) in [4.78, 5) is 47.0. The van der Waals surface area contributed by atoms with Gasteiger partial charge in [0.1, 0.15) is 5.60 Å². The number of ether oxygens (including phenoxy) is 1. The molecule has 2 aromatic rings. The SMILES string of the molecule is C[C@@H](C[C@@H]1CCCN1C1CCCCCCC1)n1c(=O)c(NCCN(CC(N)=O)CC(=O)OC(C)(C)C)nc2ccccc21. The zero-order valence-corrected chi connectivity index (χ0v) is 26.6. The van der Waals surface area contributed by atoms with Gasteiger partial charge in [0.25, 0.3) is 5.56 Å². The van der Waals surface area contributed by atoms with Crippen molar-refractivity contribution in [1.29, 1.82) is 0 Å². The number of fused-ring (bicyclic) bond motifs is 1. The molecule has 1 aromatic carbocycles. The number of aromatic nitrogens is 2. The largest absolute Gasteiger partial charge is 0.459 e. The van der Waals surface area contributed by atoms with E-state index in [0.717, 1.165) is 24.0 Å². The van der Waals surface area contributed by atoms with Crippen molar-refractivity contribution < 1.29 is 14.3 Å². The number of hydrogen-bond donors (Lipinski definition) is 2. The van der Waals surface area contributed by atoms with Gasteiger partial charge in [-0.25, -0.2) is 4.98 Å². The molecule has 2 aliphatic rings. The number of carbonyl (C=O) groups excluding carboxylic acids is 2. The molecule has 1 aliphatic heterocycles. The summed E-state index contributed by atoms with van der Waals surface area (Å²) in [6.45, 7) is 9.15. The molecule has 2 fully saturated rings. The Hall–Kier alpha value is -2.98. The first-order valence-corrected chi connectivity index (χ1v) is 16.2. The topological polar surface area (TPSA) is 123 Å². The lowest BCUT2D eigenvalue weighted by molar-refractivity contribution is -0.156. The minimum absolute atomic E-state index is 0.00126. The monoisotopic (exact) mass is 596 g/mol. The van der Waals surface area contributed by atoms with Gasteiger partial charge in [0.05, 0.1) is 24.1 Å². The summed E-state index contributed by atoms with van der Waals surface area (Å²) in [5.74, 6) is -0.705. The van der Waals surface area contributed by atoms with Crippen molar-refractivity contribution >= 4 is 28.7 Å². The summed E-state index contributed by atoms with van der Waals surface area (Å²) in [7, 11) is 0. The second-order valence-corrected chi connectivity index (χ2v) is 13.4. The molecule has 2 atom stereocenters. The number of anilines is 1.